The summed E-state index contributed by atoms with van der Waals surface area (Å²) in [7, 11) is 0. The Morgan fingerprint density at radius 1 is 1.33 bits per heavy atom. The molecular weight excluding hydrogens is 403 g/mol. The molecule has 2 aliphatic rings. The Balaban J connectivity index is 1.52. The Kier molecular flexibility index (Phi) is 6.56. The Hall–Kier alpha value is -2.33. The van der Waals surface area contributed by atoms with E-state index >= 15 is 0 Å². The van der Waals surface area contributed by atoms with Crippen molar-refractivity contribution in [3.05, 3.63) is 29.8 Å². The second-order valence-corrected chi connectivity index (χ2v) is 8.23. The van der Waals surface area contributed by atoms with E-state index in [1.165, 1.54) is 24.3 Å². The molecular formula is C20H26F3N3O4. The van der Waals surface area contributed by atoms with Crippen LogP contribution in [0.1, 0.15) is 38.7 Å². The van der Waals surface area contributed by atoms with Gasteiger partial charge in [-0.15, -0.1) is 13.2 Å². The molecule has 7 nitrogen and oxygen atoms in total. The van der Waals surface area contributed by atoms with Crippen molar-refractivity contribution in [3.63, 3.8) is 0 Å². The molecule has 10 heteroatoms. The van der Waals surface area contributed by atoms with E-state index in [4.69, 9.17) is 0 Å². The summed E-state index contributed by atoms with van der Waals surface area (Å²) in [6, 6.07) is 4.68. The Morgan fingerprint density at radius 3 is 2.47 bits per heavy atom. The number of hydrogen-bond donors (Lipinski definition) is 3. The summed E-state index contributed by atoms with van der Waals surface area (Å²) in [4.78, 5) is 11.6. The summed E-state index contributed by atoms with van der Waals surface area (Å²) in [5.41, 5.74) is 0.766. The molecule has 1 aromatic rings. The lowest BCUT2D eigenvalue weighted by atomic mass is 10.0. The van der Waals surface area contributed by atoms with Crippen LogP contribution in [0.5, 0.6) is 5.75 Å². The van der Waals surface area contributed by atoms with Crippen LogP contribution in [-0.4, -0.2) is 51.6 Å². The first-order valence-corrected chi connectivity index (χ1v) is 9.88. The molecule has 0 radical (unpaired) electrons. The van der Waals surface area contributed by atoms with Crippen LogP contribution in [0.3, 0.4) is 0 Å². The van der Waals surface area contributed by atoms with Gasteiger partial charge in [0.25, 0.3) is 0 Å². The molecule has 1 saturated carbocycles. The number of nitrogens with one attached hydrogen (secondary N) is 1. The van der Waals surface area contributed by atoms with Gasteiger partial charge in [-0.25, -0.2) is 5.01 Å². The molecule has 1 heterocycles. The van der Waals surface area contributed by atoms with Gasteiger partial charge in [-0.2, -0.15) is 5.10 Å². The zero-order chi connectivity index (χ0) is 22.1. The van der Waals surface area contributed by atoms with E-state index in [1.54, 1.807) is 5.01 Å². The first-order chi connectivity index (χ1) is 14.0. The van der Waals surface area contributed by atoms with Crippen LogP contribution in [0.15, 0.2) is 29.4 Å². The highest BCUT2D eigenvalue weighted by atomic mass is 19.4. The third-order valence-corrected chi connectivity index (χ3v) is 5.13. The van der Waals surface area contributed by atoms with E-state index in [9.17, 15) is 28.2 Å². The van der Waals surface area contributed by atoms with Crippen molar-refractivity contribution in [1.29, 1.82) is 0 Å². The number of aliphatic carboxylic acids is 1. The molecule has 1 aliphatic carbocycles. The number of carboxylic acid groups (broad SMARTS) is 1. The van der Waals surface area contributed by atoms with Crippen molar-refractivity contribution in [2.45, 2.75) is 64.2 Å². The first-order valence-electron chi connectivity index (χ1n) is 9.88. The van der Waals surface area contributed by atoms with Crippen molar-refractivity contribution in [3.8, 4) is 5.75 Å². The molecule has 0 spiro atoms. The lowest BCUT2D eigenvalue weighted by Gasteiger charge is -2.23. The maximum atomic E-state index is 12.2. The quantitative estimate of drug-likeness (QED) is 0.501. The van der Waals surface area contributed by atoms with Gasteiger partial charge in [0, 0.05) is 18.4 Å². The number of nitrogens with zero attached hydrogens (tertiary/aromatic N) is 2. The number of aliphatic hydroxyl groups is 1. The SMILES string of the molecule is CC(C)CC(NC(CC1=NN1Cc1ccc(OC(F)(F)F)cc1)C1CC1O)C(=O)O. The number of ether oxygens (including phenoxy) is 1. The summed E-state index contributed by atoms with van der Waals surface area (Å²) >= 11 is 0. The normalized spacial score (nSPS) is 22.5. The number of carboxylic acids is 1. The molecule has 0 bridgehead atoms. The number of hydrazone groups is 1. The Morgan fingerprint density at radius 2 is 1.97 bits per heavy atom. The van der Waals surface area contributed by atoms with E-state index < -0.39 is 24.5 Å². The fourth-order valence-corrected chi connectivity index (χ4v) is 3.49. The van der Waals surface area contributed by atoms with E-state index in [0.717, 1.165) is 11.4 Å². The number of alkyl halides is 3. The van der Waals surface area contributed by atoms with Crippen molar-refractivity contribution < 1.29 is 32.9 Å². The van der Waals surface area contributed by atoms with Crippen LogP contribution in [0.25, 0.3) is 0 Å². The standard InChI is InChI=1S/C20H26F3N3O4/c1-11(2)7-16(19(28)29)24-15(14-8-17(14)27)9-18-25-26(18)10-12-3-5-13(6-4-12)30-20(21,22)23/h3-6,11,14-17,24,27H,7-10H2,1-2H3,(H,28,29). The highest BCUT2D eigenvalue weighted by Gasteiger charge is 2.45. The van der Waals surface area contributed by atoms with E-state index in [1.807, 2.05) is 13.8 Å². The number of hydrogen-bond acceptors (Lipinski definition) is 6. The van der Waals surface area contributed by atoms with Crippen molar-refractivity contribution in [2.75, 3.05) is 0 Å². The minimum atomic E-state index is -4.73. The van der Waals surface area contributed by atoms with Gasteiger partial charge >= 0.3 is 12.3 Å². The monoisotopic (exact) mass is 429 g/mol. The molecule has 4 unspecified atom stereocenters. The molecule has 1 aliphatic heterocycles. The van der Waals surface area contributed by atoms with Crippen LogP contribution in [-0.2, 0) is 11.3 Å². The number of carbonyl (C=O) groups is 1. The zero-order valence-corrected chi connectivity index (χ0v) is 16.8. The van der Waals surface area contributed by atoms with Gasteiger partial charge in [0.05, 0.1) is 12.6 Å². The highest BCUT2D eigenvalue weighted by Crippen LogP contribution is 2.37. The van der Waals surface area contributed by atoms with Gasteiger partial charge in [0.1, 0.15) is 17.6 Å². The minimum absolute atomic E-state index is 0.0111. The number of rotatable bonds is 11. The molecule has 1 aromatic carbocycles. The predicted octanol–water partition coefficient (Wildman–Crippen LogP) is 2.94. The van der Waals surface area contributed by atoms with Gasteiger partial charge in [0.15, 0.2) is 0 Å². The fourth-order valence-electron chi connectivity index (χ4n) is 3.49. The number of halogens is 3. The molecule has 0 aromatic heterocycles. The van der Waals surface area contributed by atoms with Gasteiger partial charge in [0.2, 0.25) is 0 Å². The molecule has 0 amide bonds. The van der Waals surface area contributed by atoms with Crippen molar-refractivity contribution >= 4 is 11.8 Å². The van der Waals surface area contributed by atoms with Gasteiger partial charge < -0.3 is 20.3 Å². The highest BCUT2D eigenvalue weighted by molar-refractivity contribution is 5.91. The predicted molar refractivity (Wildman–Crippen MR) is 103 cm³/mol. The maximum Gasteiger partial charge on any atom is 0.573 e. The molecule has 0 saturated heterocycles. The Labute approximate surface area is 172 Å². The second-order valence-electron chi connectivity index (χ2n) is 8.23. The van der Waals surface area contributed by atoms with Crippen molar-refractivity contribution in [1.82, 2.24) is 10.3 Å². The average Bonchev–Trinajstić information content (AvgIpc) is 3.52. The number of amidine groups is 1. The van der Waals surface area contributed by atoms with Crippen LogP contribution in [0.2, 0.25) is 0 Å². The second kappa shape index (κ2) is 8.81. The van der Waals surface area contributed by atoms with Crippen LogP contribution in [0.4, 0.5) is 13.2 Å². The molecule has 4 atom stereocenters. The summed E-state index contributed by atoms with van der Waals surface area (Å²) in [6.07, 6.45) is -3.57. The fraction of sp³-hybridized carbons (Fsp3) is 0.600. The average molecular weight is 429 g/mol. The van der Waals surface area contributed by atoms with E-state index in [2.05, 4.69) is 15.2 Å². The summed E-state index contributed by atoms with van der Waals surface area (Å²) in [5.74, 6) is -0.226. The van der Waals surface area contributed by atoms with E-state index in [-0.39, 0.29) is 23.6 Å². The Bertz CT molecular complexity index is 782. The maximum absolute atomic E-state index is 12.2. The lowest BCUT2D eigenvalue weighted by molar-refractivity contribution is -0.274. The smallest absolute Gasteiger partial charge is 0.480 e. The minimum Gasteiger partial charge on any atom is -0.480 e. The topological polar surface area (TPSA) is 94.2 Å². The largest absolute Gasteiger partial charge is 0.573 e. The number of benzene rings is 1. The van der Waals surface area contributed by atoms with E-state index in [0.29, 0.717) is 25.8 Å². The van der Waals surface area contributed by atoms with Crippen LogP contribution >= 0.6 is 0 Å². The molecule has 30 heavy (non-hydrogen) atoms. The third kappa shape index (κ3) is 6.60. The molecule has 1 fully saturated rings. The molecule has 3 rings (SSSR count). The third-order valence-electron chi connectivity index (χ3n) is 5.13. The zero-order valence-electron chi connectivity index (χ0n) is 16.8. The van der Waals surface area contributed by atoms with Gasteiger partial charge in [-0.3, -0.25) is 4.79 Å². The van der Waals surface area contributed by atoms with Gasteiger partial charge in [-0.05, 0) is 36.5 Å². The lowest BCUT2D eigenvalue weighted by Crippen LogP contribution is -2.46. The summed E-state index contributed by atoms with van der Waals surface area (Å²) in [5, 5.41) is 28.5. The summed E-state index contributed by atoms with van der Waals surface area (Å²) < 4.78 is 40.6. The van der Waals surface area contributed by atoms with Crippen LogP contribution < -0.4 is 10.1 Å². The molecule has 166 valence electrons. The molecule has 3 N–H and O–H groups in total. The number of aliphatic hydroxyl groups excluding tert-OH is 1. The van der Waals surface area contributed by atoms with Crippen molar-refractivity contribution in [2.24, 2.45) is 16.9 Å². The first kappa shape index (κ1) is 22.4. The summed E-state index contributed by atoms with van der Waals surface area (Å²) in [6.45, 7) is 4.31. The van der Waals surface area contributed by atoms with Crippen LogP contribution in [0, 0.1) is 11.8 Å². The van der Waals surface area contributed by atoms with Gasteiger partial charge in [-0.1, -0.05) is 26.0 Å².